The Balaban J connectivity index is 0.000000295. The molecule has 0 N–H and O–H groups in total. The zero-order valence-corrected chi connectivity index (χ0v) is 30.1. The number of hydrogen-bond donors (Lipinski definition) is 0. The minimum atomic E-state index is -1.39. The third kappa shape index (κ3) is 13.4. The summed E-state index contributed by atoms with van der Waals surface area (Å²) < 4.78 is 26.5. The van der Waals surface area contributed by atoms with Crippen LogP contribution in [0.2, 0.25) is 0 Å². The van der Waals surface area contributed by atoms with Gasteiger partial charge in [-0.25, -0.2) is 0 Å². The number of ether oxygens (including phenoxy) is 5. The molecule has 1 unspecified atom stereocenters. The Morgan fingerprint density at radius 2 is 1.13 bits per heavy atom. The first-order chi connectivity index (χ1) is 25.2. The van der Waals surface area contributed by atoms with Gasteiger partial charge in [0.2, 0.25) is 0 Å². The smallest absolute Gasteiger partial charge is 0.325 e. The third-order valence-corrected chi connectivity index (χ3v) is 7.03. The Bertz CT molecular complexity index is 1860. The van der Waals surface area contributed by atoms with Gasteiger partial charge in [-0.15, -0.1) is 0 Å². The number of nitro groups is 2. The molecule has 0 spiro atoms. The average molecular weight is 731 g/mol. The molecule has 4 aromatic carbocycles. The van der Waals surface area contributed by atoms with E-state index in [2.05, 4.69) is 0 Å². The standard InChI is InChI=1S/C22H25NO7.C17H17NO5/c1-5-28-20(24)19(21(25)30-22(2,3)4)16-11-12-17(23(26)27)18(13-16)29-14-15-9-7-6-8-10-15;1-2-22-17(19)11-14-8-9-15(18(20)21)16(10-14)23-12-13-6-4-3-5-7-13/h6-13,19H,5,14H2,1-4H3;3-10H,2,11-12H2,1H3. The van der Waals surface area contributed by atoms with E-state index in [1.54, 1.807) is 34.6 Å². The van der Waals surface area contributed by atoms with Crippen LogP contribution in [-0.4, -0.2) is 46.6 Å². The summed E-state index contributed by atoms with van der Waals surface area (Å²) in [6, 6.07) is 26.7. The van der Waals surface area contributed by atoms with Gasteiger partial charge < -0.3 is 23.7 Å². The molecule has 0 aliphatic rings. The molecule has 4 rings (SSSR count). The summed E-state index contributed by atoms with van der Waals surface area (Å²) >= 11 is 0. The Labute approximate surface area is 306 Å². The molecule has 0 radical (unpaired) electrons. The van der Waals surface area contributed by atoms with Crippen LogP contribution in [0.3, 0.4) is 0 Å². The van der Waals surface area contributed by atoms with Crippen LogP contribution < -0.4 is 9.47 Å². The first kappa shape index (κ1) is 41.1. The van der Waals surface area contributed by atoms with Crippen LogP contribution in [-0.2, 0) is 48.2 Å². The second-order valence-corrected chi connectivity index (χ2v) is 12.3. The van der Waals surface area contributed by atoms with Crippen molar-refractivity contribution in [3.05, 3.63) is 140 Å². The molecule has 0 saturated heterocycles. The maximum Gasteiger partial charge on any atom is 0.325 e. The molecule has 0 bridgehead atoms. The lowest BCUT2D eigenvalue weighted by Gasteiger charge is -2.23. The van der Waals surface area contributed by atoms with Crippen LogP contribution in [0.5, 0.6) is 11.5 Å². The molecular weight excluding hydrogens is 688 g/mol. The zero-order chi connectivity index (χ0) is 39.0. The number of nitro benzene ring substituents is 2. The fourth-order valence-corrected chi connectivity index (χ4v) is 4.72. The van der Waals surface area contributed by atoms with Crippen LogP contribution in [0.1, 0.15) is 62.8 Å². The van der Waals surface area contributed by atoms with E-state index in [1.807, 2.05) is 60.7 Å². The Morgan fingerprint density at radius 3 is 1.60 bits per heavy atom. The maximum absolute atomic E-state index is 12.7. The predicted molar refractivity (Wildman–Crippen MR) is 193 cm³/mol. The van der Waals surface area contributed by atoms with E-state index in [9.17, 15) is 34.6 Å². The fraction of sp³-hybridized carbons (Fsp3) is 0.308. The molecule has 14 heteroatoms. The first-order valence-corrected chi connectivity index (χ1v) is 16.7. The van der Waals surface area contributed by atoms with Crippen LogP contribution in [0.15, 0.2) is 97.1 Å². The molecule has 0 aromatic heterocycles. The minimum absolute atomic E-state index is 0.0491. The van der Waals surface area contributed by atoms with Crippen molar-refractivity contribution in [3.8, 4) is 11.5 Å². The van der Waals surface area contributed by atoms with Crippen molar-refractivity contribution in [2.75, 3.05) is 13.2 Å². The van der Waals surface area contributed by atoms with Crippen molar-refractivity contribution >= 4 is 29.3 Å². The van der Waals surface area contributed by atoms with E-state index in [1.165, 1.54) is 36.4 Å². The summed E-state index contributed by atoms with van der Waals surface area (Å²) in [5.41, 5.74) is 1.28. The van der Waals surface area contributed by atoms with Crippen molar-refractivity contribution in [3.63, 3.8) is 0 Å². The third-order valence-electron chi connectivity index (χ3n) is 7.03. The van der Waals surface area contributed by atoms with Crippen molar-refractivity contribution in [2.24, 2.45) is 0 Å². The van der Waals surface area contributed by atoms with E-state index in [0.717, 1.165) is 11.1 Å². The molecule has 4 aromatic rings. The first-order valence-electron chi connectivity index (χ1n) is 16.7. The van der Waals surface area contributed by atoms with Crippen molar-refractivity contribution in [2.45, 2.75) is 65.8 Å². The van der Waals surface area contributed by atoms with Crippen molar-refractivity contribution in [1.29, 1.82) is 0 Å². The highest BCUT2D eigenvalue weighted by Crippen LogP contribution is 2.33. The largest absolute Gasteiger partial charge is 0.482 e. The summed E-state index contributed by atoms with van der Waals surface area (Å²) in [6.45, 7) is 9.04. The highest BCUT2D eigenvalue weighted by Gasteiger charge is 2.35. The van der Waals surface area contributed by atoms with E-state index >= 15 is 0 Å². The molecule has 0 heterocycles. The Morgan fingerprint density at radius 1 is 0.642 bits per heavy atom. The Hall–Kier alpha value is -6.31. The summed E-state index contributed by atoms with van der Waals surface area (Å²) in [7, 11) is 0. The van der Waals surface area contributed by atoms with Gasteiger partial charge in [0, 0.05) is 12.1 Å². The molecule has 53 heavy (non-hydrogen) atoms. The lowest BCUT2D eigenvalue weighted by Crippen LogP contribution is -2.32. The SMILES string of the molecule is CCOC(=O)C(C(=O)OC(C)(C)C)c1ccc([N+](=O)[O-])c(OCc2ccccc2)c1.CCOC(=O)Cc1ccc([N+](=O)[O-])c(OCc2ccccc2)c1. The van der Waals surface area contributed by atoms with Gasteiger partial charge >= 0.3 is 29.3 Å². The van der Waals surface area contributed by atoms with Gasteiger partial charge in [-0.1, -0.05) is 72.8 Å². The highest BCUT2D eigenvalue weighted by molar-refractivity contribution is 6.01. The number of hydrogen-bond acceptors (Lipinski definition) is 12. The molecule has 0 amide bonds. The number of nitrogens with zero attached hydrogens (tertiary/aromatic N) is 2. The topological polar surface area (TPSA) is 184 Å². The van der Waals surface area contributed by atoms with Crippen LogP contribution in [0, 0.1) is 20.2 Å². The average Bonchev–Trinajstić information content (AvgIpc) is 3.10. The van der Waals surface area contributed by atoms with Crippen molar-refractivity contribution in [1.82, 2.24) is 0 Å². The van der Waals surface area contributed by atoms with Gasteiger partial charge in [-0.2, -0.15) is 0 Å². The molecule has 0 saturated carbocycles. The fourth-order valence-electron chi connectivity index (χ4n) is 4.72. The molecule has 0 aliphatic carbocycles. The summed E-state index contributed by atoms with van der Waals surface area (Å²) in [4.78, 5) is 58.1. The van der Waals surface area contributed by atoms with Gasteiger partial charge in [-0.3, -0.25) is 34.6 Å². The number of carbonyl (C=O) groups excluding carboxylic acids is 3. The van der Waals surface area contributed by atoms with Gasteiger partial charge in [0.15, 0.2) is 17.4 Å². The second-order valence-electron chi connectivity index (χ2n) is 12.3. The monoisotopic (exact) mass is 730 g/mol. The van der Waals surface area contributed by atoms with Crippen LogP contribution >= 0.6 is 0 Å². The van der Waals surface area contributed by atoms with Crippen LogP contribution in [0.25, 0.3) is 0 Å². The van der Waals surface area contributed by atoms with Gasteiger partial charge in [-0.05, 0) is 69.0 Å². The lowest BCUT2D eigenvalue weighted by molar-refractivity contribution is -0.386. The molecule has 1 atom stereocenters. The van der Waals surface area contributed by atoms with Gasteiger partial charge in [0.1, 0.15) is 18.8 Å². The predicted octanol–water partition coefficient (Wildman–Crippen LogP) is 7.44. The normalized spacial score (nSPS) is 11.2. The summed E-state index contributed by atoms with van der Waals surface area (Å²) in [5, 5.41) is 22.5. The van der Waals surface area contributed by atoms with Gasteiger partial charge in [0.05, 0.1) is 29.5 Å². The summed E-state index contributed by atoms with van der Waals surface area (Å²) in [6.07, 6.45) is 0.0491. The lowest BCUT2D eigenvalue weighted by atomic mass is 9.98. The molecule has 0 aliphatic heterocycles. The maximum atomic E-state index is 12.7. The van der Waals surface area contributed by atoms with Crippen molar-refractivity contribution < 1.29 is 47.9 Å². The quantitative estimate of drug-likeness (QED) is 0.0388. The number of rotatable bonds is 15. The molecular formula is C39H42N2O12. The van der Waals surface area contributed by atoms with E-state index in [0.29, 0.717) is 12.2 Å². The molecule has 280 valence electrons. The minimum Gasteiger partial charge on any atom is -0.482 e. The van der Waals surface area contributed by atoms with E-state index in [4.69, 9.17) is 23.7 Å². The van der Waals surface area contributed by atoms with Crippen LogP contribution in [0.4, 0.5) is 11.4 Å². The van der Waals surface area contributed by atoms with E-state index < -0.39 is 33.3 Å². The zero-order valence-electron chi connectivity index (χ0n) is 30.1. The van der Waals surface area contributed by atoms with E-state index in [-0.39, 0.29) is 60.6 Å². The van der Waals surface area contributed by atoms with Gasteiger partial charge in [0.25, 0.3) is 0 Å². The molecule has 14 nitrogen and oxygen atoms in total. The Kier molecular flexibility index (Phi) is 15.4. The number of benzene rings is 4. The highest BCUT2D eigenvalue weighted by atomic mass is 16.6. The number of esters is 3. The summed E-state index contributed by atoms with van der Waals surface area (Å²) in [5.74, 6) is -3.28. The number of carbonyl (C=O) groups is 3. The molecule has 0 fully saturated rings. The second kappa shape index (κ2) is 19.9.